The number of hydrogen-bond acceptors (Lipinski definition) is 3. The maximum atomic E-state index is 12.0. The van der Waals surface area contributed by atoms with E-state index in [0.717, 1.165) is 5.56 Å². The van der Waals surface area contributed by atoms with Crippen LogP contribution in [0, 0.1) is 6.92 Å². The van der Waals surface area contributed by atoms with Gasteiger partial charge in [0.2, 0.25) is 5.91 Å². The highest BCUT2D eigenvalue weighted by Crippen LogP contribution is 2.06. The molecule has 116 valence electrons. The fourth-order valence-corrected chi connectivity index (χ4v) is 2.02. The summed E-state index contributed by atoms with van der Waals surface area (Å²) in [7, 11) is 1.76. The number of amides is 2. The Morgan fingerprint density at radius 1 is 1.18 bits per heavy atom. The van der Waals surface area contributed by atoms with Crippen LogP contribution in [0.15, 0.2) is 47.1 Å². The number of furan rings is 1. The van der Waals surface area contributed by atoms with Gasteiger partial charge in [0.15, 0.2) is 5.76 Å². The molecule has 0 atom stereocenters. The van der Waals surface area contributed by atoms with E-state index in [4.69, 9.17) is 4.42 Å². The summed E-state index contributed by atoms with van der Waals surface area (Å²) in [5, 5.41) is 2.66. The maximum absolute atomic E-state index is 12.0. The van der Waals surface area contributed by atoms with Crippen molar-refractivity contribution in [2.45, 2.75) is 19.9 Å². The molecule has 0 saturated heterocycles. The Labute approximate surface area is 129 Å². The van der Waals surface area contributed by atoms with Crippen LogP contribution < -0.4 is 5.32 Å². The van der Waals surface area contributed by atoms with E-state index in [1.54, 1.807) is 24.1 Å². The second-order valence-corrected chi connectivity index (χ2v) is 5.22. The third-order valence-electron chi connectivity index (χ3n) is 3.34. The first-order chi connectivity index (χ1) is 10.6. The van der Waals surface area contributed by atoms with Gasteiger partial charge in [-0.1, -0.05) is 29.8 Å². The first kappa shape index (κ1) is 15.8. The number of nitrogens with zero attached hydrogens (tertiary/aromatic N) is 1. The highest BCUT2D eigenvalue weighted by Gasteiger charge is 2.11. The summed E-state index contributed by atoms with van der Waals surface area (Å²) >= 11 is 0. The second-order valence-electron chi connectivity index (χ2n) is 5.22. The van der Waals surface area contributed by atoms with E-state index in [0.29, 0.717) is 6.54 Å². The van der Waals surface area contributed by atoms with Crippen molar-refractivity contribution in [2.75, 3.05) is 13.6 Å². The van der Waals surface area contributed by atoms with Crippen LogP contribution in [0.5, 0.6) is 0 Å². The van der Waals surface area contributed by atoms with E-state index in [-0.39, 0.29) is 30.5 Å². The molecule has 2 amide bonds. The predicted octanol–water partition coefficient (Wildman–Crippen LogP) is 2.37. The molecule has 22 heavy (non-hydrogen) atoms. The van der Waals surface area contributed by atoms with Gasteiger partial charge in [-0.15, -0.1) is 0 Å². The molecular formula is C17H20N2O3. The Morgan fingerprint density at radius 3 is 2.55 bits per heavy atom. The third kappa shape index (κ3) is 4.48. The Kier molecular flexibility index (Phi) is 5.36. The van der Waals surface area contributed by atoms with E-state index in [1.807, 2.05) is 31.2 Å². The summed E-state index contributed by atoms with van der Waals surface area (Å²) < 4.78 is 4.98. The largest absolute Gasteiger partial charge is 0.459 e. The summed E-state index contributed by atoms with van der Waals surface area (Å²) in [5.41, 5.74) is 2.28. The molecule has 0 saturated carbocycles. The van der Waals surface area contributed by atoms with E-state index < -0.39 is 0 Å². The lowest BCUT2D eigenvalue weighted by molar-refractivity contribution is -0.130. The summed E-state index contributed by atoms with van der Waals surface area (Å²) in [5.74, 6) is -0.0697. The van der Waals surface area contributed by atoms with Crippen LogP contribution >= 0.6 is 0 Å². The molecule has 2 rings (SSSR count). The van der Waals surface area contributed by atoms with Crippen LogP contribution in [0.2, 0.25) is 0 Å². The van der Waals surface area contributed by atoms with E-state index in [2.05, 4.69) is 5.32 Å². The zero-order chi connectivity index (χ0) is 15.9. The summed E-state index contributed by atoms with van der Waals surface area (Å²) in [6.07, 6.45) is 1.70. The van der Waals surface area contributed by atoms with Gasteiger partial charge in [-0.2, -0.15) is 0 Å². The molecule has 0 aliphatic carbocycles. The predicted molar refractivity (Wildman–Crippen MR) is 83.3 cm³/mol. The Hall–Kier alpha value is -2.56. The van der Waals surface area contributed by atoms with Crippen LogP contribution in [0.25, 0.3) is 0 Å². The molecule has 0 radical (unpaired) electrons. The van der Waals surface area contributed by atoms with Crippen molar-refractivity contribution in [2.24, 2.45) is 0 Å². The maximum Gasteiger partial charge on any atom is 0.286 e. The summed E-state index contributed by atoms with van der Waals surface area (Å²) in [6, 6.07) is 11.3. The molecule has 1 heterocycles. The van der Waals surface area contributed by atoms with Crippen molar-refractivity contribution in [3.63, 3.8) is 0 Å². The average Bonchev–Trinajstić information content (AvgIpc) is 3.03. The minimum absolute atomic E-state index is 0.0136. The standard InChI is InChI=1S/C17H20N2O3/c1-13-5-7-14(8-6-13)12-19(2)16(20)9-10-18-17(21)15-4-3-11-22-15/h3-8,11H,9-10,12H2,1-2H3,(H,18,21). The lowest BCUT2D eigenvalue weighted by Gasteiger charge is -2.17. The molecule has 1 aromatic heterocycles. The number of aryl methyl sites for hydroxylation is 1. The molecule has 0 aliphatic rings. The Morgan fingerprint density at radius 2 is 1.91 bits per heavy atom. The van der Waals surface area contributed by atoms with Crippen LogP contribution in [0.3, 0.4) is 0 Å². The van der Waals surface area contributed by atoms with Crippen molar-refractivity contribution < 1.29 is 14.0 Å². The van der Waals surface area contributed by atoms with Gasteiger partial charge in [0.25, 0.3) is 5.91 Å². The van der Waals surface area contributed by atoms with Crippen LogP contribution in [-0.2, 0) is 11.3 Å². The molecule has 0 bridgehead atoms. The van der Waals surface area contributed by atoms with Crippen LogP contribution in [-0.4, -0.2) is 30.3 Å². The van der Waals surface area contributed by atoms with Gasteiger partial charge < -0.3 is 14.6 Å². The second kappa shape index (κ2) is 7.45. The molecular weight excluding hydrogens is 280 g/mol. The van der Waals surface area contributed by atoms with Crippen molar-refractivity contribution in [3.05, 3.63) is 59.5 Å². The van der Waals surface area contributed by atoms with Gasteiger partial charge in [-0.25, -0.2) is 0 Å². The monoisotopic (exact) mass is 300 g/mol. The van der Waals surface area contributed by atoms with Crippen LogP contribution in [0.4, 0.5) is 0 Å². The van der Waals surface area contributed by atoms with E-state index in [9.17, 15) is 9.59 Å². The fraction of sp³-hybridized carbons (Fsp3) is 0.294. The van der Waals surface area contributed by atoms with Crippen molar-refractivity contribution in [1.29, 1.82) is 0 Å². The number of rotatable bonds is 6. The van der Waals surface area contributed by atoms with Crippen molar-refractivity contribution in [1.82, 2.24) is 10.2 Å². The smallest absolute Gasteiger partial charge is 0.286 e. The average molecular weight is 300 g/mol. The van der Waals surface area contributed by atoms with Gasteiger partial charge in [0.1, 0.15) is 0 Å². The molecule has 5 heteroatoms. The van der Waals surface area contributed by atoms with Gasteiger partial charge in [0, 0.05) is 26.6 Å². The Bertz CT molecular complexity index is 618. The zero-order valence-electron chi connectivity index (χ0n) is 12.8. The SMILES string of the molecule is Cc1ccc(CN(C)C(=O)CCNC(=O)c2ccco2)cc1. The number of nitrogens with one attached hydrogen (secondary N) is 1. The molecule has 0 fully saturated rings. The molecule has 2 aromatic rings. The zero-order valence-corrected chi connectivity index (χ0v) is 12.8. The highest BCUT2D eigenvalue weighted by molar-refractivity contribution is 5.91. The third-order valence-corrected chi connectivity index (χ3v) is 3.34. The molecule has 0 aliphatic heterocycles. The molecule has 5 nitrogen and oxygen atoms in total. The summed E-state index contributed by atoms with van der Waals surface area (Å²) in [4.78, 5) is 25.3. The lowest BCUT2D eigenvalue weighted by atomic mass is 10.1. The van der Waals surface area contributed by atoms with Gasteiger partial charge in [0.05, 0.1) is 6.26 Å². The van der Waals surface area contributed by atoms with Gasteiger partial charge in [-0.3, -0.25) is 9.59 Å². The topological polar surface area (TPSA) is 62.6 Å². The van der Waals surface area contributed by atoms with Crippen LogP contribution in [0.1, 0.15) is 28.1 Å². The molecule has 0 spiro atoms. The number of benzene rings is 1. The Balaban J connectivity index is 1.74. The van der Waals surface area contributed by atoms with Gasteiger partial charge in [-0.05, 0) is 24.6 Å². The summed E-state index contributed by atoms with van der Waals surface area (Å²) in [6.45, 7) is 2.88. The van der Waals surface area contributed by atoms with Crippen molar-refractivity contribution >= 4 is 11.8 Å². The normalized spacial score (nSPS) is 10.3. The molecule has 1 aromatic carbocycles. The molecule has 1 N–H and O–H groups in total. The fourth-order valence-electron chi connectivity index (χ4n) is 2.02. The lowest BCUT2D eigenvalue weighted by Crippen LogP contribution is -2.31. The number of carbonyl (C=O) groups excluding carboxylic acids is 2. The quantitative estimate of drug-likeness (QED) is 0.891. The van der Waals surface area contributed by atoms with Gasteiger partial charge >= 0.3 is 0 Å². The highest BCUT2D eigenvalue weighted by atomic mass is 16.3. The van der Waals surface area contributed by atoms with E-state index in [1.165, 1.54) is 11.8 Å². The van der Waals surface area contributed by atoms with Crippen molar-refractivity contribution in [3.8, 4) is 0 Å². The minimum Gasteiger partial charge on any atom is -0.459 e. The number of carbonyl (C=O) groups is 2. The van der Waals surface area contributed by atoms with E-state index >= 15 is 0 Å². The first-order valence-electron chi connectivity index (χ1n) is 7.17. The molecule has 0 unspecified atom stereocenters. The first-order valence-corrected chi connectivity index (χ1v) is 7.17. The number of hydrogen-bond donors (Lipinski definition) is 1. The minimum atomic E-state index is -0.306.